The van der Waals surface area contributed by atoms with Crippen molar-refractivity contribution < 1.29 is 13.2 Å². The van der Waals surface area contributed by atoms with Gasteiger partial charge in [0.1, 0.15) is 6.54 Å². The average molecular weight is 443 g/mol. The number of halogens is 1. The van der Waals surface area contributed by atoms with Gasteiger partial charge >= 0.3 is 0 Å². The van der Waals surface area contributed by atoms with E-state index in [1.54, 1.807) is 36.4 Å². The minimum absolute atomic E-state index is 0.128. The van der Waals surface area contributed by atoms with Crippen LogP contribution >= 0.6 is 11.6 Å². The third-order valence-corrected chi connectivity index (χ3v) is 6.84. The minimum Gasteiger partial charge on any atom is -0.350 e. The molecule has 0 heterocycles. The average Bonchev–Trinajstić information content (AvgIpc) is 2.77. The third kappa shape index (κ3) is 5.20. The molecule has 0 bridgehead atoms. The highest BCUT2D eigenvalue weighted by atomic mass is 35.5. The molecule has 0 spiro atoms. The van der Waals surface area contributed by atoms with Crippen molar-refractivity contribution in [1.29, 1.82) is 0 Å². The molecule has 1 amide bonds. The molecule has 0 aliphatic rings. The Morgan fingerprint density at radius 1 is 0.933 bits per heavy atom. The van der Waals surface area contributed by atoms with Crippen LogP contribution in [0.15, 0.2) is 83.8 Å². The molecule has 0 saturated carbocycles. The Hall–Kier alpha value is -2.83. The van der Waals surface area contributed by atoms with Gasteiger partial charge in [0.15, 0.2) is 0 Å². The molecule has 5 nitrogen and oxygen atoms in total. The molecule has 30 heavy (non-hydrogen) atoms. The summed E-state index contributed by atoms with van der Waals surface area (Å²) in [6.45, 7) is 1.90. The van der Waals surface area contributed by atoms with E-state index in [4.69, 9.17) is 11.6 Å². The second-order valence-corrected chi connectivity index (χ2v) is 8.98. The number of hydrogen-bond acceptors (Lipinski definition) is 3. The lowest BCUT2D eigenvalue weighted by molar-refractivity contribution is -0.119. The van der Waals surface area contributed by atoms with Crippen molar-refractivity contribution in [2.75, 3.05) is 10.8 Å². The van der Waals surface area contributed by atoms with Crippen molar-refractivity contribution in [2.24, 2.45) is 0 Å². The monoisotopic (exact) mass is 442 g/mol. The number of nitrogens with one attached hydrogen (secondary N) is 1. The molecule has 0 saturated heterocycles. The number of aryl methyl sites for hydroxylation is 1. The molecule has 0 atom stereocenters. The number of sulfonamides is 1. The number of nitrogens with zero attached hydrogens (tertiary/aromatic N) is 1. The predicted octanol–water partition coefficient (Wildman–Crippen LogP) is 4.41. The van der Waals surface area contributed by atoms with Crippen molar-refractivity contribution in [1.82, 2.24) is 5.32 Å². The Balaban J connectivity index is 1.85. The van der Waals surface area contributed by atoms with Crippen LogP contribution in [-0.4, -0.2) is 20.9 Å². The summed E-state index contributed by atoms with van der Waals surface area (Å²) in [5.41, 5.74) is 2.28. The van der Waals surface area contributed by atoms with Gasteiger partial charge in [0.2, 0.25) is 5.91 Å². The van der Waals surface area contributed by atoms with E-state index in [9.17, 15) is 13.2 Å². The predicted molar refractivity (Wildman–Crippen MR) is 120 cm³/mol. The zero-order valence-corrected chi connectivity index (χ0v) is 18.2. The van der Waals surface area contributed by atoms with Gasteiger partial charge in [-0.2, -0.15) is 0 Å². The summed E-state index contributed by atoms with van der Waals surface area (Å²) in [7, 11) is -3.91. The highest BCUT2D eigenvalue weighted by Crippen LogP contribution is 2.24. The molecule has 0 unspecified atom stereocenters. The van der Waals surface area contributed by atoms with E-state index in [1.807, 2.05) is 37.3 Å². The first-order chi connectivity index (χ1) is 14.4. The van der Waals surface area contributed by atoms with Gasteiger partial charge in [-0.25, -0.2) is 8.42 Å². The van der Waals surface area contributed by atoms with E-state index in [0.29, 0.717) is 10.7 Å². The molecule has 3 rings (SSSR count). The summed E-state index contributed by atoms with van der Waals surface area (Å²) in [6.07, 6.45) is 0.837. The van der Waals surface area contributed by atoms with Crippen LogP contribution in [0.2, 0.25) is 5.02 Å². The number of rotatable bonds is 8. The number of benzene rings is 3. The lowest BCUT2D eigenvalue weighted by Crippen LogP contribution is -2.40. The van der Waals surface area contributed by atoms with Crippen molar-refractivity contribution in [3.05, 3.63) is 95.0 Å². The molecular weight excluding hydrogens is 420 g/mol. The second-order valence-electron chi connectivity index (χ2n) is 6.71. The van der Waals surface area contributed by atoms with E-state index in [1.165, 1.54) is 12.1 Å². The minimum atomic E-state index is -3.91. The Morgan fingerprint density at radius 2 is 1.57 bits per heavy atom. The van der Waals surface area contributed by atoms with Gasteiger partial charge in [0, 0.05) is 11.6 Å². The molecule has 0 radical (unpaired) electrons. The Kier molecular flexibility index (Phi) is 7.13. The van der Waals surface area contributed by atoms with E-state index in [2.05, 4.69) is 5.32 Å². The second kappa shape index (κ2) is 9.78. The lowest BCUT2D eigenvalue weighted by Gasteiger charge is -2.24. The van der Waals surface area contributed by atoms with E-state index >= 15 is 0 Å². The van der Waals surface area contributed by atoms with Crippen molar-refractivity contribution >= 4 is 33.2 Å². The van der Waals surface area contributed by atoms with E-state index in [-0.39, 0.29) is 18.0 Å². The Morgan fingerprint density at radius 3 is 2.20 bits per heavy atom. The fourth-order valence-electron chi connectivity index (χ4n) is 2.95. The van der Waals surface area contributed by atoms with Gasteiger partial charge in [-0.05, 0) is 47.9 Å². The molecule has 3 aromatic rings. The molecule has 1 N–H and O–H groups in total. The molecule has 3 aromatic carbocycles. The van der Waals surface area contributed by atoms with Crippen LogP contribution in [0, 0.1) is 0 Å². The van der Waals surface area contributed by atoms with E-state index in [0.717, 1.165) is 21.9 Å². The quantitative estimate of drug-likeness (QED) is 0.561. The molecule has 7 heteroatoms. The first-order valence-electron chi connectivity index (χ1n) is 9.58. The van der Waals surface area contributed by atoms with Crippen LogP contribution < -0.4 is 9.62 Å². The summed E-state index contributed by atoms with van der Waals surface area (Å²) in [5.74, 6) is -0.422. The Bertz CT molecular complexity index is 1100. The van der Waals surface area contributed by atoms with Crippen molar-refractivity contribution in [3.63, 3.8) is 0 Å². The molecule has 0 aliphatic carbocycles. The van der Waals surface area contributed by atoms with Crippen LogP contribution in [0.25, 0.3) is 0 Å². The van der Waals surface area contributed by atoms with Crippen LogP contribution in [0.4, 0.5) is 5.69 Å². The summed E-state index contributed by atoms with van der Waals surface area (Å²) >= 11 is 6.13. The number of amides is 1. The fraction of sp³-hybridized carbons (Fsp3) is 0.174. The van der Waals surface area contributed by atoms with Crippen LogP contribution in [-0.2, 0) is 27.8 Å². The molecule has 156 valence electrons. The van der Waals surface area contributed by atoms with Gasteiger partial charge in [-0.3, -0.25) is 9.10 Å². The number of anilines is 1. The summed E-state index contributed by atoms with van der Waals surface area (Å²) in [4.78, 5) is 12.8. The maximum absolute atomic E-state index is 13.3. The van der Waals surface area contributed by atoms with Crippen molar-refractivity contribution in [3.8, 4) is 0 Å². The van der Waals surface area contributed by atoms with Gasteiger partial charge in [0.25, 0.3) is 10.0 Å². The largest absolute Gasteiger partial charge is 0.350 e. The zero-order valence-electron chi connectivity index (χ0n) is 16.6. The van der Waals surface area contributed by atoms with Gasteiger partial charge < -0.3 is 5.32 Å². The van der Waals surface area contributed by atoms with Crippen LogP contribution in [0.5, 0.6) is 0 Å². The summed E-state index contributed by atoms with van der Waals surface area (Å²) < 4.78 is 27.7. The maximum atomic E-state index is 13.3. The van der Waals surface area contributed by atoms with Gasteiger partial charge in [-0.15, -0.1) is 0 Å². The number of hydrogen-bond donors (Lipinski definition) is 1. The third-order valence-electron chi connectivity index (χ3n) is 4.68. The summed E-state index contributed by atoms with van der Waals surface area (Å²) in [6, 6.07) is 22.5. The van der Waals surface area contributed by atoms with Crippen LogP contribution in [0.3, 0.4) is 0 Å². The molecule has 0 fully saturated rings. The first-order valence-corrected chi connectivity index (χ1v) is 11.4. The standard InChI is InChI=1S/C23H23ClN2O3S/c1-2-18-12-14-20(15-13-18)26(30(28,29)21-9-4-3-5-10-21)17-23(27)25-16-19-8-6-7-11-22(19)24/h3-15H,2,16-17H2,1H3,(H,25,27). The number of carbonyl (C=O) groups excluding carboxylic acids is 1. The fourth-order valence-corrected chi connectivity index (χ4v) is 4.60. The van der Waals surface area contributed by atoms with Gasteiger partial charge in [0.05, 0.1) is 10.6 Å². The number of carbonyl (C=O) groups is 1. The zero-order chi connectivity index (χ0) is 21.6. The van der Waals surface area contributed by atoms with Crippen LogP contribution in [0.1, 0.15) is 18.1 Å². The summed E-state index contributed by atoms with van der Waals surface area (Å²) in [5, 5.41) is 3.30. The normalized spacial score (nSPS) is 11.1. The topological polar surface area (TPSA) is 66.5 Å². The smallest absolute Gasteiger partial charge is 0.264 e. The van der Waals surface area contributed by atoms with Gasteiger partial charge in [-0.1, -0.05) is 67.1 Å². The van der Waals surface area contributed by atoms with Crippen molar-refractivity contribution in [2.45, 2.75) is 24.8 Å². The molecule has 0 aliphatic heterocycles. The first kappa shape index (κ1) is 21.9. The molecule has 0 aromatic heterocycles. The van der Waals surface area contributed by atoms with E-state index < -0.39 is 15.9 Å². The lowest BCUT2D eigenvalue weighted by atomic mass is 10.1. The Labute approximate surface area is 182 Å². The SMILES string of the molecule is CCc1ccc(N(CC(=O)NCc2ccccc2Cl)S(=O)(=O)c2ccccc2)cc1. The molecular formula is C23H23ClN2O3S. The maximum Gasteiger partial charge on any atom is 0.264 e. The highest BCUT2D eigenvalue weighted by molar-refractivity contribution is 7.92. The highest BCUT2D eigenvalue weighted by Gasteiger charge is 2.27.